The first-order valence-electron chi connectivity index (χ1n) is 8.80. The van der Waals surface area contributed by atoms with Crippen LogP contribution in [0.1, 0.15) is 28.8 Å². The summed E-state index contributed by atoms with van der Waals surface area (Å²) in [6, 6.07) is 10.9. The number of rotatable bonds is 1. The Morgan fingerprint density at radius 3 is 2.71 bits per heavy atom. The topological polar surface area (TPSA) is 58.6 Å². The number of nitrogens with one attached hydrogen (secondary N) is 1. The quantitative estimate of drug-likeness (QED) is 0.788. The van der Waals surface area contributed by atoms with Gasteiger partial charge in [-0.15, -0.1) is 0 Å². The number of benzene rings is 2. The molecule has 1 fully saturated rings. The number of ketones is 1. The Labute approximate surface area is 159 Å². The molecule has 5 nitrogen and oxygen atoms in total. The second-order valence-electron chi connectivity index (χ2n) is 7.06. The van der Waals surface area contributed by atoms with Crippen LogP contribution in [0.25, 0.3) is 0 Å². The lowest BCUT2D eigenvalue weighted by atomic mass is 9.89. The number of halogens is 3. The van der Waals surface area contributed by atoms with Gasteiger partial charge in [0.25, 0.3) is 0 Å². The van der Waals surface area contributed by atoms with E-state index in [0.717, 1.165) is 12.1 Å². The molecule has 1 atom stereocenters. The lowest BCUT2D eigenvalue weighted by molar-refractivity contribution is -0.137. The normalized spacial score (nSPS) is 21.4. The molecule has 0 bridgehead atoms. The molecule has 2 heterocycles. The van der Waals surface area contributed by atoms with E-state index in [1.54, 1.807) is 24.3 Å². The fraction of sp³-hybridized carbons (Fsp3) is 0.300. The van der Waals surface area contributed by atoms with Crippen molar-refractivity contribution in [3.05, 3.63) is 59.7 Å². The number of carbonyl (C=O) groups is 2. The van der Waals surface area contributed by atoms with Gasteiger partial charge in [0, 0.05) is 18.7 Å². The molecule has 1 unspecified atom stereocenters. The van der Waals surface area contributed by atoms with Crippen LogP contribution >= 0.6 is 0 Å². The van der Waals surface area contributed by atoms with Gasteiger partial charge in [-0.2, -0.15) is 13.2 Å². The van der Waals surface area contributed by atoms with E-state index in [1.165, 1.54) is 17.0 Å². The Balaban J connectivity index is 1.46. The van der Waals surface area contributed by atoms with Crippen molar-refractivity contribution in [2.24, 2.45) is 0 Å². The van der Waals surface area contributed by atoms with Gasteiger partial charge in [0.15, 0.2) is 5.78 Å². The zero-order chi connectivity index (χ0) is 19.9. The standard InChI is InChI=1S/C20H17F3N2O3/c21-20(22,23)13-4-3-5-14(10-13)24-18(27)25-9-8-19(12-25)11-16(26)15-6-1-2-7-17(15)28-19/h1-7,10H,8-9,11-12H2,(H,24,27). The molecule has 0 aliphatic carbocycles. The maximum absolute atomic E-state index is 12.8. The maximum atomic E-state index is 12.8. The van der Waals surface area contributed by atoms with Crippen molar-refractivity contribution in [1.82, 2.24) is 4.90 Å². The number of nitrogens with zero attached hydrogens (tertiary/aromatic N) is 1. The number of ether oxygens (including phenoxy) is 1. The summed E-state index contributed by atoms with van der Waals surface area (Å²) < 4.78 is 44.5. The van der Waals surface area contributed by atoms with E-state index in [4.69, 9.17) is 4.74 Å². The highest BCUT2D eigenvalue weighted by molar-refractivity contribution is 6.00. The fourth-order valence-corrected chi connectivity index (χ4v) is 3.66. The minimum atomic E-state index is -4.48. The molecule has 2 aromatic rings. The summed E-state index contributed by atoms with van der Waals surface area (Å²) >= 11 is 0. The van der Waals surface area contributed by atoms with Crippen molar-refractivity contribution in [2.45, 2.75) is 24.6 Å². The summed E-state index contributed by atoms with van der Waals surface area (Å²) in [7, 11) is 0. The molecule has 0 saturated carbocycles. The molecule has 1 saturated heterocycles. The summed E-state index contributed by atoms with van der Waals surface area (Å²) in [6.45, 7) is 0.540. The van der Waals surface area contributed by atoms with Gasteiger partial charge in [-0.1, -0.05) is 18.2 Å². The molecule has 1 N–H and O–H groups in total. The van der Waals surface area contributed by atoms with Gasteiger partial charge >= 0.3 is 12.2 Å². The molecule has 8 heteroatoms. The van der Waals surface area contributed by atoms with Crippen molar-refractivity contribution < 1.29 is 27.5 Å². The fourth-order valence-electron chi connectivity index (χ4n) is 3.66. The second kappa shape index (κ2) is 6.54. The lowest BCUT2D eigenvalue weighted by Crippen LogP contribution is -2.45. The number of fused-ring (bicyclic) bond motifs is 1. The number of likely N-dealkylation sites (tertiary alicyclic amines) is 1. The van der Waals surface area contributed by atoms with Crippen molar-refractivity contribution in [3.63, 3.8) is 0 Å². The van der Waals surface area contributed by atoms with Gasteiger partial charge in [0.2, 0.25) is 0 Å². The van der Waals surface area contributed by atoms with Crippen LogP contribution in [0.5, 0.6) is 5.75 Å². The van der Waals surface area contributed by atoms with E-state index in [9.17, 15) is 22.8 Å². The van der Waals surface area contributed by atoms with E-state index in [0.29, 0.717) is 24.3 Å². The SMILES string of the molecule is O=C1CC2(CCN(C(=O)Nc3cccc(C(F)(F)F)c3)C2)Oc2ccccc21. The van der Waals surface area contributed by atoms with Gasteiger partial charge in [0.1, 0.15) is 11.4 Å². The number of amides is 2. The Kier molecular flexibility index (Phi) is 4.28. The van der Waals surface area contributed by atoms with Crippen molar-refractivity contribution in [3.8, 4) is 5.75 Å². The number of urea groups is 1. The largest absolute Gasteiger partial charge is 0.484 e. The first kappa shape index (κ1) is 18.3. The number of hydrogen-bond donors (Lipinski definition) is 1. The van der Waals surface area contributed by atoms with E-state index in [2.05, 4.69) is 5.32 Å². The van der Waals surface area contributed by atoms with Gasteiger partial charge in [-0.3, -0.25) is 4.79 Å². The predicted octanol–water partition coefficient (Wildman–Crippen LogP) is 4.35. The van der Waals surface area contributed by atoms with Crippen molar-refractivity contribution in [2.75, 3.05) is 18.4 Å². The monoisotopic (exact) mass is 390 g/mol. The predicted molar refractivity (Wildman–Crippen MR) is 95.4 cm³/mol. The van der Waals surface area contributed by atoms with Crippen LogP contribution in [0.4, 0.5) is 23.7 Å². The first-order chi connectivity index (χ1) is 13.3. The molecule has 0 aromatic heterocycles. The zero-order valence-electron chi connectivity index (χ0n) is 14.8. The van der Waals surface area contributed by atoms with Crippen LogP contribution in [0.2, 0.25) is 0 Å². The van der Waals surface area contributed by atoms with E-state index >= 15 is 0 Å². The summed E-state index contributed by atoms with van der Waals surface area (Å²) in [5.74, 6) is 0.459. The summed E-state index contributed by atoms with van der Waals surface area (Å²) in [6.07, 6.45) is -3.84. The molecule has 146 valence electrons. The Morgan fingerprint density at radius 1 is 1.14 bits per heavy atom. The molecular weight excluding hydrogens is 373 g/mol. The number of carbonyl (C=O) groups excluding carboxylic acids is 2. The third-order valence-corrected chi connectivity index (χ3v) is 5.04. The molecule has 2 amide bonds. The highest BCUT2D eigenvalue weighted by Gasteiger charge is 2.47. The average molecular weight is 390 g/mol. The minimum absolute atomic E-state index is 0.0398. The smallest absolute Gasteiger partial charge is 0.416 e. The molecule has 28 heavy (non-hydrogen) atoms. The van der Waals surface area contributed by atoms with Crippen LogP contribution in [0.3, 0.4) is 0 Å². The number of Topliss-reactive ketones (excluding diaryl/α,β-unsaturated/α-hetero) is 1. The molecular formula is C20H17F3N2O3. The average Bonchev–Trinajstić information content (AvgIpc) is 3.04. The van der Waals surface area contributed by atoms with Gasteiger partial charge in [-0.25, -0.2) is 4.79 Å². The van der Waals surface area contributed by atoms with Crippen LogP contribution in [-0.2, 0) is 6.18 Å². The highest BCUT2D eigenvalue weighted by Crippen LogP contribution is 2.38. The lowest BCUT2D eigenvalue weighted by Gasteiger charge is -2.34. The number of hydrogen-bond acceptors (Lipinski definition) is 3. The molecule has 2 aromatic carbocycles. The molecule has 4 rings (SSSR count). The van der Waals surface area contributed by atoms with Crippen LogP contribution < -0.4 is 10.1 Å². The molecule has 1 spiro atoms. The van der Waals surface area contributed by atoms with E-state index < -0.39 is 23.4 Å². The van der Waals surface area contributed by atoms with Crippen LogP contribution in [-0.4, -0.2) is 35.4 Å². The second-order valence-corrected chi connectivity index (χ2v) is 7.06. The molecule has 2 aliphatic heterocycles. The van der Waals surface area contributed by atoms with Gasteiger partial charge in [0.05, 0.1) is 24.1 Å². The Morgan fingerprint density at radius 2 is 1.93 bits per heavy atom. The third-order valence-electron chi connectivity index (χ3n) is 5.04. The number of alkyl halides is 3. The Hall–Kier alpha value is -3.03. The van der Waals surface area contributed by atoms with Gasteiger partial charge in [-0.05, 0) is 30.3 Å². The van der Waals surface area contributed by atoms with Crippen LogP contribution in [0.15, 0.2) is 48.5 Å². The van der Waals surface area contributed by atoms with Crippen molar-refractivity contribution in [1.29, 1.82) is 0 Å². The van der Waals surface area contributed by atoms with E-state index in [-0.39, 0.29) is 24.4 Å². The summed E-state index contributed by atoms with van der Waals surface area (Å²) in [5, 5.41) is 2.50. The van der Waals surface area contributed by atoms with E-state index in [1.807, 2.05) is 0 Å². The first-order valence-corrected chi connectivity index (χ1v) is 8.80. The maximum Gasteiger partial charge on any atom is 0.416 e. The zero-order valence-corrected chi connectivity index (χ0v) is 14.8. The van der Waals surface area contributed by atoms with Gasteiger partial charge < -0.3 is 15.0 Å². The van der Waals surface area contributed by atoms with Crippen molar-refractivity contribution >= 4 is 17.5 Å². The summed E-state index contributed by atoms with van der Waals surface area (Å²) in [4.78, 5) is 26.4. The number of anilines is 1. The molecule has 0 radical (unpaired) electrons. The molecule has 2 aliphatic rings. The third kappa shape index (κ3) is 3.42. The Bertz CT molecular complexity index is 944. The summed E-state index contributed by atoms with van der Waals surface area (Å²) in [5.41, 5.74) is -1.04. The minimum Gasteiger partial charge on any atom is -0.484 e. The van der Waals surface area contributed by atoms with Crippen LogP contribution in [0, 0.1) is 0 Å². The number of para-hydroxylation sites is 1. The highest BCUT2D eigenvalue weighted by atomic mass is 19.4.